The first-order chi connectivity index (χ1) is 3.83. The Morgan fingerprint density at radius 3 is 2.62 bits per heavy atom. The van der Waals surface area contributed by atoms with Crippen molar-refractivity contribution in [3.05, 3.63) is 0 Å². The van der Waals surface area contributed by atoms with Gasteiger partial charge in [-0.1, -0.05) is 0 Å². The molecular weight excluding hydrogens is 100 g/mol. The van der Waals surface area contributed by atoms with Crippen LogP contribution in [0.15, 0.2) is 4.99 Å². The van der Waals surface area contributed by atoms with Crippen LogP contribution in [0.1, 0.15) is 19.8 Å². The van der Waals surface area contributed by atoms with Crippen LogP contribution in [0.25, 0.3) is 0 Å². The van der Waals surface area contributed by atoms with Crippen molar-refractivity contribution in [2.45, 2.75) is 25.8 Å². The molecule has 1 fully saturated rings. The summed E-state index contributed by atoms with van der Waals surface area (Å²) in [4.78, 5) is 3.97. The Morgan fingerprint density at radius 2 is 2.25 bits per heavy atom. The van der Waals surface area contributed by atoms with Gasteiger partial charge in [-0.15, -0.1) is 0 Å². The average molecular weight is 112 g/mol. The fourth-order valence-corrected chi connectivity index (χ4v) is 0.588. The molecule has 0 bridgehead atoms. The molecule has 0 spiro atoms. The molecule has 1 N–H and O–H groups in total. The normalized spacial score (nSPS) is 21.0. The molecule has 0 aromatic heterocycles. The molecule has 0 heterocycles. The van der Waals surface area contributed by atoms with E-state index in [1.807, 2.05) is 14.0 Å². The zero-order valence-corrected chi connectivity index (χ0v) is 5.44. The van der Waals surface area contributed by atoms with E-state index in [0.717, 1.165) is 11.9 Å². The summed E-state index contributed by atoms with van der Waals surface area (Å²) in [6.45, 7) is 2.00. The summed E-state index contributed by atoms with van der Waals surface area (Å²) in [6.07, 6.45) is 2.65. The lowest BCUT2D eigenvalue weighted by molar-refractivity contribution is 0.899. The first-order valence-corrected chi connectivity index (χ1v) is 3.03. The van der Waals surface area contributed by atoms with Gasteiger partial charge in [-0.05, 0) is 19.8 Å². The summed E-state index contributed by atoms with van der Waals surface area (Å²) < 4.78 is 0. The summed E-state index contributed by atoms with van der Waals surface area (Å²) in [5, 5.41) is 3.25. The summed E-state index contributed by atoms with van der Waals surface area (Å²) in [6, 6.07) is 0.749. The number of hydrogen-bond acceptors (Lipinski definition) is 1. The Balaban J connectivity index is 2.16. The van der Waals surface area contributed by atoms with Gasteiger partial charge >= 0.3 is 0 Å². The van der Waals surface area contributed by atoms with E-state index >= 15 is 0 Å². The van der Waals surface area contributed by atoms with Crippen molar-refractivity contribution in [3.63, 3.8) is 0 Å². The largest absolute Gasteiger partial charge is 0.371 e. The minimum Gasteiger partial charge on any atom is -0.371 e. The molecule has 0 aliphatic heterocycles. The smallest absolute Gasteiger partial charge is 0.0930 e. The Kier molecular flexibility index (Phi) is 1.51. The summed E-state index contributed by atoms with van der Waals surface area (Å²) >= 11 is 0. The van der Waals surface area contributed by atoms with Crippen LogP contribution in [0.2, 0.25) is 0 Å². The van der Waals surface area contributed by atoms with E-state index in [-0.39, 0.29) is 0 Å². The first kappa shape index (κ1) is 5.60. The van der Waals surface area contributed by atoms with Crippen LogP contribution in [0.5, 0.6) is 0 Å². The number of nitrogens with one attached hydrogen (secondary N) is 1. The Morgan fingerprint density at radius 1 is 1.62 bits per heavy atom. The van der Waals surface area contributed by atoms with E-state index < -0.39 is 0 Å². The lowest BCUT2D eigenvalue weighted by atomic mass is 10.6. The van der Waals surface area contributed by atoms with E-state index in [9.17, 15) is 0 Å². The fraction of sp³-hybridized carbons (Fsp3) is 0.833. The number of aliphatic imine (C=N–C) groups is 1. The Bertz CT molecular complexity index is 103. The van der Waals surface area contributed by atoms with Crippen molar-refractivity contribution in [1.82, 2.24) is 5.32 Å². The highest BCUT2D eigenvalue weighted by atomic mass is 15.0. The molecule has 2 heteroatoms. The van der Waals surface area contributed by atoms with Crippen molar-refractivity contribution in [3.8, 4) is 0 Å². The number of rotatable bonds is 1. The monoisotopic (exact) mass is 112 g/mol. The fourth-order valence-electron chi connectivity index (χ4n) is 0.588. The zero-order valence-electron chi connectivity index (χ0n) is 5.44. The van der Waals surface area contributed by atoms with Gasteiger partial charge in [-0.25, -0.2) is 0 Å². The van der Waals surface area contributed by atoms with Crippen molar-refractivity contribution in [1.29, 1.82) is 0 Å². The second-order valence-corrected chi connectivity index (χ2v) is 2.23. The van der Waals surface area contributed by atoms with Gasteiger partial charge in [0, 0.05) is 13.1 Å². The van der Waals surface area contributed by atoms with Crippen molar-refractivity contribution < 1.29 is 0 Å². The van der Waals surface area contributed by atoms with Gasteiger partial charge in [0.2, 0.25) is 0 Å². The molecular formula is C6H12N2. The zero-order chi connectivity index (χ0) is 5.98. The van der Waals surface area contributed by atoms with Gasteiger partial charge in [-0.2, -0.15) is 0 Å². The lowest BCUT2D eigenvalue weighted by Crippen LogP contribution is -2.21. The van der Waals surface area contributed by atoms with E-state index in [2.05, 4.69) is 10.3 Å². The second-order valence-electron chi connectivity index (χ2n) is 2.23. The van der Waals surface area contributed by atoms with Crippen LogP contribution in [-0.2, 0) is 0 Å². The molecule has 0 saturated heterocycles. The molecule has 0 aromatic carbocycles. The molecule has 0 unspecified atom stereocenters. The predicted octanol–water partition coefficient (Wildman–Crippen LogP) is 0.787. The van der Waals surface area contributed by atoms with Crippen LogP contribution < -0.4 is 5.32 Å². The molecule has 1 aliphatic carbocycles. The highest BCUT2D eigenvalue weighted by molar-refractivity contribution is 5.79. The maximum Gasteiger partial charge on any atom is 0.0930 e. The van der Waals surface area contributed by atoms with Gasteiger partial charge in [0.25, 0.3) is 0 Å². The summed E-state index contributed by atoms with van der Waals surface area (Å²) in [5.41, 5.74) is 0. The molecule has 8 heavy (non-hydrogen) atoms. The molecule has 1 rings (SSSR count). The molecule has 0 atom stereocenters. The Labute approximate surface area is 50.0 Å². The second kappa shape index (κ2) is 2.16. The van der Waals surface area contributed by atoms with Gasteiger partial charge in [0.05, 0.1) is 5.84 Å². The van der Waals surface area contributed by atoms with Crippen LogP contribution in [0, 0.1) is 0 Å². The van der Waals surface area contributed by atoms with Crippen LogP contribution in [-0.4, -0.2) is 18.9 Å². The highest BCUT2D eigenvalue weighted by Crippen LogP contribution is 2.18. The SMILES string of the molecule is CN=C(C)NC1CC1. The quantitative estimate of drug-likeness (QED) is 0.393. The first-order valence-electron chi connectivity index (χ1n) is 3.03. The lowest BCUT2D eigenvalue weighted by Gasteiger charge is -1.98. The van der Waals surface area contributed by atoms with Crippen LogP contribution in [0.3, 0.4) is 0 Å². The Hall–Kier alpha value is -0.530. The molecule has 0 radical (unpaired) electrons. The maximum absolute atomic E-state index is 3.97. The number of hydrogen-bond donors (Lipinski definition) is 1. The average Bonchev–Trinajstić information content (AvgIpc) is 2.50. The van der Waals surface area contributed by atoms with E-state index in [4.69, 9.17) is 0 Å². The molecule has 2 nitrogen and oxygen atoms in total. The standard InChI is InChI=1S/C6H12N2/c1-5(7-2)8-6-3-4-6/h6H,3-4H2,1-2H3,(H,7,8). The summed E-state index contributed by atoms with van der Waals surface area (Å²) in [5.74, 6) is 1.06. The minimum atomic E-state index is 0.749. The summed E-state index contributed by atoms with van der Waals surface area (Å²) in [7, 11) is 1.81. The maximum atomic E-state index is 3.97. The van der Waals surface area contributed by atoms with Gasteiger partial charge < -0.3 is 5.32 Å². The van der Waals surface area contributed by atoms with Crippen LogP contribution in [0.4, 0.5) is 0 Å². The number of nitrogens with zero attached hydrogens (tertiary/aromatic N) is 1. The van der Waals surface area contributed by atoms with E-state index in [1.165, 1.54) is 12.8 Å². The van der Waals surface area contributed by atoms with E-state index in [0.29, 0.717) is 0 Å². The van der Waals surface area contributed by atoms with Crippen molar-refractivity contribution in [2.75, 3.05) is 7.05 Å². The molecule has 0 aromatic rings. The topological polar surface area (TPSA) is 24.4 Å². The van der Waals surface area contributed by atoms with Crippen molar-refractivity contribution >= 4 is 5.84 Å². The third kappa shape index (κ3) is 1.52. The van der Waals surface area contributed by atoms with Crippen molar-refractivity contribution in [2.24, 2.45) is 4.99 Å². The van der Waals surface area contributed by atoms with Gasteiger partial charge in [0.15, 0.2) is 0 Å². The number of amidine groups is 1. The predicted molar refractivity (Wildman–Crippen MR) is 35.2 cm³/mol. The minimum absolute atomic E-state index is 0.749. The molecule has 46 valence electrons. The molecule has 0 amide bonds. The van der Waals surface area contributed by atoms with Crippen LogP contribution >= 0.6 is 0 Å². The van der Waals surface area contributed by atoms with Gasteiger partial charge in [0.1, 0.15) is 0 Å². The third-order valence-electron chi connectivity index (χ3n) is 1.33. The van der Waals surface area contributed by atoms with E-state index in [1.54, 1.807) is 0 Å². The molecule has 1 aliphatic rings. The van der Waals surface area contributed by atoms with Gasteiger partial charge in [-0.3, -0.25) is 4.99 Å². The highest BCUT2D eigenvalue weighted by Gasteiger charge is 2.20. The molecule has 1 saturated carbocycles. The third-order valence-corrected chi connectivity index (χ3v) is 1.33.